The van der Waals surface area contributed by atoms with Crippen LogP contribution in [0.4, 0.5) is 0 Å². The molecule has 26 heavy (non-hydrogen) atoms. The van der Waals surface area contributed by atoms with Crippen molar-refractivity contribution in [1.82, 2.24) is 9.29 Å². The summed E-state index contributed by atoms with van der Waals surface area (Å²) in [5.41, 5.74) is 0.711. The highest BCUT2D eigenvalue weighted by Crippen LogP contribution is 2.28. The number of aromatic nitrogens is 1. The molecule has 10 heteroatoms. The summed E-state index contributed by atoms with van der Waals surface area (Å²) in [6, 6.07) is 7.43. The molecule has 0 radical (unpaired) electrons. The normalized spacial score (nSPS) is 12.5. The van der Waals surface area contributed by atoms with Gasteiger partial charge in [0.15, 0.2) is 9.84 Å². The third-order valence-electron chi connectivity index (χ3n) is 3.58. The highest BCUT2D eigenvalue weighted by atomic mass is 79.9. The van der Waals surface area contributed by atoms with E-state index in [4.69, 9.17) is 4.74 Å². The Bertz CT molecular complexity index is 963. The highest BCUT2D eigenvalue weighted by molar-refractivity contribution is 9.10. The summed E-state index contributed by atoms with van der Waals surface area (Å²) < 4.78 is 56.5. The number of ether oxygens (including phenoxy) is 1. The summed E-state index contributed by atoms with van der Waals surface area (Å²) in [6.07, 6.45) is 4.21. The van der Waals surface area contributed by atoms with E-state index in [1.807, 2.05) is 0 Å². The number of hydrogen-bond acceptors (Lipinski definition) is 6. The highest BCUT2D eigenvalue weighted by Gasteiger charge is 2.28. The molecule has 0 saturated heterocycles. The lowest BCUT2D eigenvalue weighted by Crippen LogP contribution is -2.33. The molecule has 0 saturated carbocycles. The number of pyridine rings is 1. The fraction of sp³-hybridized carbons (Fsp3) is 0.312. The van der Waals surface area contributed by atoms with Gasteiger partial charge in [0, 0.05) is 43.3 Å². The van der Waals surface area contributed by atoms with E-state index >= 15 is 0 Å². The average molecular weight is 463 g/mol. The summed E-state index contributed by atoms with van der Waals surface area (Å²) in [4.78, 5) is 3.82. The van der Waals surface area contributed by atoms with Crippen LogP contribution in [-0.4, -0.2) is 52.6 Å². The minimum absolute atomic E-state index is 0.0626. The predicted molar refractivity (Wildman–Crippen MR) is 101 cm³/mol. The second-order valence-electron chi connectivity index (χ2n) is 5.56. The largest absolute Gasteiger partial charge is 0.383 e. The fourth-order valence-corrected chi connectivity index (χ4v) is 5.31. The molecule has 1 heterocycles. The van der Waals surface area contributed by atoms with Crippen molar-refractivity contribution < 1.29 is 21.6 Å². The second-order valence-corrected chi connectivity index (χ2v) is 10.3. The number of benzene rings is 1. The van der Waals surface area contributed by atoms with Crippen LogP contribution in [0.1, 0.15) is 5.56 Å². The van der Waals surface area contributed by atoms with Gasteiger partial charge in [-0.2, -0.15) is 4.31 Å². The van der Waals surface area contributed by atoms with Crippen LogP contribution >= 0.6 is 15.9 Å². The first-order valence-electron chi connectivity index (χ1n) is 7.54. The zero-order valence-corrected chi connectivity index (χ0v) is 17.5. The van der Waals surface area contributed by atoms with Crippen LogP contribution in [0, 0.1) is 0 Å². The molecule has 0 unspecified atom stereocenters. The second kappa shape index (κ2) is 8.57. The lowest BCUT2D eigenvalue weighted by atomic mass is 10.3. The third-order valence-corrected chi connectivity index (χ3v) is 7.52. The Morgan fingerprint density at radius 2 is 1.92 bits per heavy atom. The van der Waals surface area contributed by atoms with Crippen molar-refractivity contribution in [3.05, 3.63) is 52.8 Å². The Kier molecular flexibility index (Phi) is 6.92. The van der Waals surface area contributed by atoms with E-state index in [1.165, 1.54) is 23.5 Å². The van der Waals surface area contributed by atoms with Crippen molar-refractivity contribution in [3.8, 4) is 0 Å². The standard InChI is InChI=1S/C16H19BrN2O5S2/c1-24-9-8-19(12-13-4-3-7-18-11-13)26(22,23)16-10-14(25(2,20)21)5-6-15(16)17/h3-7,10-11H,8-9,12H2,1-2H3. The van der Waals surface area contributed by atoms with Gasteiger partial charge in [-0.3, -0.25) is 4.98 Å². The molecule has 0 bridgehead atoms. The van der Waals surface area contributed by atoms with Gasteiger partial charge in [-0.25, -0.2) is 16.8 Å². The predicted octanol–water partition coefficient (Wildman–Crippen LogP) is 2.08. The van der Waals surface area contributed by atoms with Gasteiger partial charge in [0.1, 0.15) is 0 Å². The Labute approximate surface area is 162 Å². The number of nitrogens with zero attached hydrogens (tertiary/aromatic N) is 2. The van der Waals surface area contributed by atoms with Crippen molar-refractivity contribution in [2.24, 2.45) is 0 Å². The minimum atomic E-state index is -3.97. The molecule has 0 N–H and O–H groups in total. The Balaban J connectivity index is 2.49. The van der Waals surface area contributed by atoms with Gasteiger partial charge in [-0.1, -0.05) is 6.07 Å². The molecule has 0 amide bonds. The van der Waals surface area contributed by atoms with E-state index in [1.54, 1.807) is 24.5 Å². The van der Waals surface area contributed by atoms with Crippen LogP contribution in [0.3, 0.4) is 0 Å². The average Bonchev–Trinajstić information content (AvgIpc) is 2.58. The molecule has 0 aliphatic carbocycles. The molecular weight excluding hydrogens is 444 g/mol. The summed E-state index contributed by atoms with van der Waals surface area (Å²) in [5.74, 6) is 0. The number of rotatable bonds is 8. The van der Waals surface area contributed by atoms with Gasteiger partial charge < -0.3 is 4.74 Å². The van der Waals surface area contributed by atoms with Gasteiger partial charge in [0.05, 0.1) is 16.4 Å². The zero-order valence-electron chi connectivity index (χ0n) is 14.3. The monoisotopic (exact) mass is 462 g/mol. The topological polar surface area (TPSA) is 93.6 Å². The number of halogens is 1. The van der Waals surface area contributed by atoms with E-state index in [0.29, 0.717) is 10.0 Å². The maximum atomic E-state index is 13.2. The summed E-state index contributed by atoms with van der Waals surface area (Å²) in [7, 11) is -6.03. The SMILES string of the molecule is COCCN(Cc1cccnc1)S(=O)(=O)c1cc(S(C)(=O)=O)ccc1Br. The molecule has 2 rings (SSSR count). The number of sulfonamides is 1. The quantitative estimate of drug-likeness (QED) is 0.595. The van der Waals surface area contributed by atoms with Crippen LogP contribution in [-0.2, 0) is 31.1 Å². The molecule has 0 fully saturated rings. The first-order valence-corrected chi connectivity index (χ1v) is 11.7. The van der Waals surface area contributed by atoms with Crippen LogP contribution in [0.5, 0.6) is 0 Å². The number of methoxy groups -OCH3 is 1. The molecule has 142 valence electrons. The Morgan fingerprint density at radius 1 is 1.19 bits per heavy atom. The Hall–Kier alpha value is -1.33. The summed E-state index contributed by atoms with van der Waals surface area (Å²) >= 11 is 3.21. The Morgan fingerprint density at radius 3 is 2.50 bits per heavy atom. The molecule has 0 spiro atoms. The third kappa shape index (κ3) is 5.10. The molecule has 2 aromatic rings. The maximum absolute atomic E-state index is 13.2. The van der Waals surface area contributed by atoms with E-state index in [2.05, 4.69) is 20.9 Å². The van der Waals surface area contributed by atoms with E-state index in [0.717, 1.165) is 12.3 Å². The van der Waals surface area contributed by atoms with E-state index in [-0.39, 0.29) is 29.5 Å². The smallest absolute Gasteiger partial charge is 0.244 e. The molecule has 0 atom stereocenters. The van der Waals surface area contributed by atoms with E-state index < -0.39 is 19.9 Å². The van der Waals surface area contributed by atoms with Crippen molar-refractivity contribution in [2.75, 3.05) is 26.5 Å². The van der Waals surface area contributed by atoms with Gasteiger partial charge in [-0.05, 0) is 45.8 Å². The van der Waals surface area contributed by atoms with Gasteiger partial charge in [-0.15, -0.1) is 0 Å². The van der Waals surface area contributed by atoms with Gasteiger partial charge >= 0.3 is 0 Å². The van der Waals surface area contributed by atoms with Crippen LogP contribution < -0.4 is 0 Å². The molecular formula is C16H19BrN2O5S2. The molecule has 0 aliphatic rings. The molecule has 1 aromatic carbocycles. The van der Waals surface area contributed by atoms with Crippen LogP contribution in [0.2, 0.25) is 0 Å². The molecule has 1 aromatic heterocycles. The number of sulfone groups is 1. The van der Waals surface area contributed by atoms with Gasteiger partial charge in [0.25, 0.3) is 0 Å². The lowest BCUT2D eigenvalue weighted by molar-refractivity contribution is 0.177. The maximum Gasteiger partial charge on any atom is 0.244 e. The molecule has 0 aliphatic heterocycles. The summed E-state index contributed by atoms with van der Waals surface area (Å²) in [6.45, 7) is 0.404. The first kappa shape index (κ1) is 21.0. The molecule has 7 nitrogen and oxygen atoms in total. The van der Waals surface area contributed by atoms with Crippen molar-refractivity contribution in [2.45, 2.75) is 16.3 Å². The van der Waals surface area contributed by atoms with E-state index in [9.17, 15) is 16.8 Å². The van der Waals surface area contributed by atoms with Crippen LogP contribution in [0.15, 0.2) is 57.0 Å². The summed E-state index contributed by atoms with van der Waals surface area (Å²) in [5, 5.41) is 0. The van der Waals surface area contributed by atoms with Crippen LogP contribution in [0.25, 0.3) is 0 Å². The minimum Gasteiger partial charge on any atom is -0.383 e. The van der Waals surface area contributed by atoms with Crippen molar-refractivity contribution in [1.29, 1.82) is 0 Å². The zero-order chi connectivity index (χ0) is 19.4. The van der Waals surface area contributed by atoms with Gasteiger partial charge in [0.2, 0.25) is 10.0 Å². The lowest BCUT2D eigenvalue weighted by Gasteiger charge is -2.23. The van der Waals surface area contributed by atoms with Crippen molar-refractivity contribution >= 4 is 35.8 Å². The van der Waals surface area contributed by atoms with Crippen molar-refractivity contribution in [3.63, 3.8) is 0 Å². The fourth-order valence-electron chi connectivity index (χ4n) is 2.22. The first-order chi connectivity index (χ1) is 12.2. The number of hydrogen-bond donors (Lipinski definition) is 0.